The average molecular weight is 476 g/mol. The van der Waals surface area contributed by atoms with Crippen molar-refractivity contribution in [2.24, 2.45) is 0 Å². The summed E-state index contributed by atoms with van der Waals surface area (Å²) < 4.78 is 28.8. The molecule has 0 radical (unpaired) electrons. The average Bonchev–Trinajstić information content (AvgIpc) is 3.31. The number of non-ortho nitro benzene ring substituents is 1. The van der Waals surface area contributed by atoms with Crippen LogP contribution in [0.15, 0.2) is 51.1 Å². The first-order valence-corrected chi connectivity index (χ1v) is 13.3. The summed E-state index contributed by atoms with van der Waals surface area (Å²) in [5.41, 5.74) is 1.91. The van der Waals surface area contributed by atoms with Gasteiger partial charge >= 0.3 is 0 Å². The van der Waals surface area contributed by atoms with E-state index in [0.29, 0.717) is 24.0 Å². The fourth-order valence-corrected chi connectivity index (χ4v) is 7.53. The Morgan fingerprint density at radius 2 is 1.66 bits per heavy atom. The highest BCUT2D eigenvalue weighted by Gasteiger charge is 2.34. The minimum absolute atomic E-state index is 0.0252. The van der Waals surface area contributed by atoms with E-state index in [0.717, 1.165) is 42.0 Å². The van der Waals surface area contributed by atoms with Gasteiger partial charge in [0.05, 0.1) is 4.92 Å². The first kappa shape index (κ1) is 23.2. The number of piperidine rings is 1. The lowest BCUT2D eigenvalue weighted by Gasteiger charge is -2.36. The van der Waals surface area contributed by atoms with Crippen LogP contribution in [-0.2, 0) is 10.0 Å². The minimum Gasteiger partial charge on any atom is -0.300 e. The summed E-state index contributed by atoms with van der Waals surface area (Å²) >= 11 is 1.35. The van der Waals surface area contributed by atoms with E-state index in [4.69, 9.17) is 0 Å². The molecule has 0 aromatic heterocycles. The fourth-order valence-electron chi connectivity index (χ4n) is 4.53. The Morgan fingerprint density at radius 3 is 2.31 bits per heavy atom. The summed E-state index contributed by atoms with van der Waals surface area (Å²) in [5.74, 6) is 0. The van der Waals surface area contributed by atoms with Crippen LogP contribution in [0.5, 0.6) is 0 Å². The number of likely N-dealkylation sites (tertiary alicyclic amines) is 1. The largest absolute Gasteiger partial charge is 0.300 e. The van der Waals surface area contributed by atoms with Gasteiger partial charge in [0, 0.05) is 41.1 Å². The van der Waals surface area contributed by atoms with E-state index < -0.39 is 14.9 Å². The molecule has 9 heteroatoms. The predicted molar refractivity (Wildman–Crippen MR) is 126 cm³/mol. The lowest BCUT2D eigenvalue weighted by Crippen LogP contribution is -2.45. The topological polar surface area (TPSA) is 83.8 Å². The number of nitro benzene ring substituents is 1. The molecular weight excluding hydrogens is 446 g/mol. The Hall–Kier alpha value is -1.94. The van der Waals surface area contributed by atoms with Crippen molar-refractivity contribution in [3.05, 3.63) is 57.6 Å². The first-order valence-electron chi connectivity index (χ1n) is 11.0. The molecule has 2 aromatic rings. The van der Waals surface area contributed by atoms with Crippen LogP contribution in [0.4, 0.5) is 5.69 Å². The standard InChI is InChI=1S/C23H29N3O4S2/c1-17-5-6-18(2)22(15-17)31-21-8-7-20(26(27)28)16-23(21)32(29,30)25-13-9-19(10-14-25)24-11-3-4-12-24/h5-8,15-16,19H,3-4,9-14H2,1-2H3. The fraction of sp³-hybridized carbons (Fsp3) is 0.478. The summed E-state index contributed by atoms with van der Waals surface area (Å²) in [7, 11) is -3.85. The van der Waals surface area contributed by atoms with Gasteiger partial charge in [-0.15, -0.1) is 0 Å². The maximum absolute atomic E-state index is 13.6. The van der Waals surface area contributed by atoms with Gasteiger partial charge in [0.1, 0.15) is 4.90 Å². The highest BCUT2D eigenvalue weighted by Crippen LogP contribution is 2.38. The van der Waals surface area contributed by atoms with Gasteiger partial charge in [0.2, 0.25) is 10.0 Å². The summed E-state index contributed by atoms with van der Waals surface area (Å²) in [6.07, 6.45) is 4.03. The molecule has 32 heavy (non-hydrogen) atoms. The molecule has 0 aliphatic carbocycles. The maximum Gasteiger partial charge on any atom is 0.270 e. The number of nitro groups is 1. The van der Waals surface area contributed by atoms with Crippen LogP contribution in [0.3, 0.4) is 0 Å². The molecule has 172 valence electrons. The monoisotopic (exact) mass is 475 g/mol. The van der Waals surface area contributed by atoms with Crippen molar-refractivity contribution >= 4 is 27.5 Å². The van der Waals surface area contributed by atoms with Crippen LogP contribution >= 0.6 is 11.8 Å². The quantitative estimate of drug-likeness (QED) is 0.448. The molecule has 2 aliphatic heterocycles. The third-order valence-corrected chi connectivity index (χ3v) is 9.70. The molecule has 0 saturated carbocycles. The Morgan fingerprint density at radius 1 is 0.969 bits per heavy atom. The van der Waals surface area contributed by atoms with Crippen LogP contribution in [0.25, 0.3) is 0 Å². The Kier molecular flexibility index (Phi) is 6.90. The van der Waals surface area contributed by atoms with E-state index in [1.165, 1.54) is 41.0 Å². The van der Waals surface area contributed by atoms with Gasteiger partial charge in [-0.3, -0.25) is 10.1 Å². The van der Waals surface area contributed by atoms with Gasteiger partial charge in [0.15, 0.2) is 0 Å². The molecule has 2 aromatic carbocycles. The van der Waals surface area contributed by atoms with Gasteiger partial charge in [0.25, 0.3) is 5.69 Å². The molecule has 7 nitrogen and oxygen atoms in total. The minimum atomic E-state index is -3.85. The van der Waals surface area contributed by atoms with Crippen LogP contribution in [-0.4, -0.2) is 54.8 Å². The molecule has 2 heterocycles. The number of hydrogen-bond acceptors (Lipinski definition) is 6. The number of benzene rings is 2. The van der Waals surface area contributed by atoms with Crippen LogP contribution in [0.1, 0.15) is 36.8 Å². The predicted octanol–water partition coefficient (Wildman–Crippen LogP) is 4.61. The molecule has 0 spiro atoms. The van der Waals surface area contributed by atoms with Crippen molar-refractivity contribution < 1.29 is 13.3 Å². The molecule has 2 saturated heterocycles. The second kappa shape index (κ2) is 9.51. The molecule has 4 rings (SSSR count). The maximum atomic E-state index is 13.6. The molecule has 0 atom stereocenters. The zero-order chi connectivity index (χ0) is 22.9. The van der Waals surface area contributed by atoms with E-state index in [1.807, 2.05) is 32.0 Å². The van der Waals surface area contributed by atoms with Crippen molar-refractivity contribution in [1.82, 2.24) is 9.21 Å². The molecule has 0 amide bonds. The van der Waals surface area contributed by atoms with Crippen LogP contribution in [0, 0.1) is 24.0 Å². The third-order valence-electron chi connectivity index (χ3n) is 6.40. The van der Waals surface area contributed by atoms with Crippen molar-refractivity contribution in [3.8, 4) is 0 Å². The zero-order valence-corrected chi connectivity index (χ0v) is 20.1. The second-order valence-corrected chi connectivity index (χ2v) is 11.6. The summed E-state index contributed by atoms with van der Waals surface area (Å²) in [6, 6.07) is 10.6. The smallest absolute Gasteiger partial charge is 0.270 e. The Bertz CT molecular complexity index is 1110. The van der Waals surface area contributed by atoms with E-state index in [9.17, 15) is 18.5 Å². The first-order chi connectivity index (χ1) is 15.3. The van der Waals surface area contributed by atoms with Gasteiger partial charge in [-0.05, 0) is 75.9 Å². The molecule has 2 aliphatic rings. The van der Waals surface area contributed by atoms with Crippen molar-refractivity contribution in [2.45, 2.75) is 60.3 Å². The lowest BCUT2D eigenvalue weighted by molar-refractivity contribution is -0.385. The van der Waals surface area contributed by atoms with Crippen molar-refractivity contribution in [2.75, 3.05) is 26.2 Å². The summed E-state index contributed by atoms with van der Waals surface area (Å²) in [4.78, 5) is 14.8. The molecule has 0 N–H and O–H groups in total. The Balaban J connectivity index is 1.63. The SMILES string of the molecule is Cc1ccc(C)c(Sc2ccc([N+](=O)[O-])cc2S(=O)(=O)N2CCC(N3CCCC3)CC2)c1. The summed E-state index contributed by atoms with van der Waals surface area (Å²) in [5, 5.41) is 11.4. The highest BCUT2D eigenvalue weighted by atomic mass is 32.2. The van der Waals surface area contributed by atoms with E-state index in [-0.39, 0.29) is 10.6 Å². The van der Waals surface area contributed by atoms with Gasteiger partial charge < -0.3 is 4.90 Å². The highest BCUT2D eigenvalue weighted by molar-refractivity contribution is 8.00. The van der Waals surface area contributed by atoms with E-state index in [2.05, 4.69) is 4.90 Å². The normalized spacial score (nSPS) is 18.8. The van der Waals surface area contributed by atoms with Crippen LogP contribution < -0.4 is 0 Å². The van der Waals surface area contributed by atoms with Gasteiger partial charge in [-0.1, -0.05) is 23.9 Å². The number of sulfonamides is 1. The number of nitrogens with zero attached hydrogens (tertiary/aromatic N) is 3. The van der Waals surface area contributed by atoms with Gasteiger partial charge in [-0.25, -0.2) is 8.42 Å². The summed E-state index contributed by atoms with van der Waals surface area (Å²) in [6.45, 7) is 7.05. The van der Waals surface area contributed by atoms with Crippen molar-refractivity contribution in [1.29, 1.82) is 0 Å². The second-order valence-electron chi connectivity index (χ2n) is 8.64. The number of aryl methyl sites for hydroxylation is 2. The number of rotatable bonds is 6. The van der Waals surface area contributed by atoms with E-state index >= 15 is 0 Å². The molecular formula is C23H29N3O4S2. The molecule has 0 bridgehead atoms. The Labute approximate surface area is 194 Å². The zero-order valence-electron chi connectivity index (χ0n) is 18.5. The molecule has 0 unspecified atom stereocenters. The van der Waals surface area contributed by atoms with Crippen LogP contribution in [0.2, 0.25) is 0 Å². The molecule has 2 fully saturated rings. The van der Waals surface area contributed by atoms with Gasteiger partial charge in [-0.2, -0.15) is 4.31 Å². The van der Waals surface area contributed by atoms with E-state index in [1.54, 1.807) is 6.07 Å². The number of hydrogen-bond donors (Lipinski definition) is 0. The van der Waals surface area contributed by atoms with Crippen molar-refractivity contribution in [3.63, 3.8) is 0 Å². The lowest BCUT2D eigenvalue weighted by atomic mass is 10.1. The third kappa shape index (κ3) is 4.85.